The monoisotopic (exact) mass is 344 g/mol. The first-order valence-corrected chi connectivity index (χ1v) is 8.62. The first-order chi connectivity index (χ1) is 9.78. The normalized spacial score (nSPS) is 11.2. The molecule has 112 valence electrons. The van der Waals surface area contributed by atoms with Crippen molar-refractivity contribution in [1.82, 2.24) is 0 Å². The van der Waals surface area contributed by atoms with Gasteiger partial charge in [0.25, 0.3) is 10.0 Å². The van der Waals surface area contributed by atoms with Crippen LogP contribution in [0.2, 0.25) is 4.34 Å². The minimum absolute atomic E-state index is 0.148. The summed E-state index contributed by atoms with van der Waals surface area (Å²) in [6, 6.07) is 7.99. The van der Waals surface area contributed by atoms with Gasteiger partial charge in [-0.05, 0) is 36.8 Å². The number of rotatable bonds is 4. The van der Waals surface area contributed by atoms with Crippen LogP contribution in [-0.4, -0.2) is 14.3 Å². The number of hydrogen-bond acceptors (Lipinski definition) is 4. The van der Waals surface area contributed by atoms with Gasteiger partial charge in [0.15, 0.2) is 0 Å². The van der Waals surface area contributed by atoms with E-state index in [-0.39, 0.29) is 10.1 Å². The van der Waals surface area contributed by atoms with Crippen molar-refractivity contribution in [2.45, 2.75) is 18.1 Å². The largest absolute Gasteiger partial charge is 0.326 e. The van der Waals surface area contributed by atoms with Crippen LogP contribution in [0.1, 0.15) is 12.5 Å². The maximum absolute atomic E-state index is 12.3. The third-order valence-corrected chi connectivity index (χ3v) is 5.94. The second-order valence-electron chi connectivity index (χ2n) is 4.39. The molecular formula is C13H13ClN2O3S2. The summed E-state index contributed by atoms with van der Waals surface area (Å²) < 4.78 is 27.6. The summed E-state index contributed by atoms with van der Waals surface area (Å²) in [5.74, 6) is -0.226. The highest BCUT2D eigenvalue weighted by molar-refractivity contribution is 7.94. The van der Waals surface area contributed by atoms with Gasteiger partial charge >= 0.3 is 0 Å². The molecule has 1 aromatic heterocycles. The second-order valence-corrected chi connectivity index (χ2v) is 7.95. The average Bonchev–Trinajstić information content (AvgIpc) is 2.69. The van der Waals surface area contributed by atoms with Crippen LogP contribution in [0.5, 0.6) is 0 Å². The van der Waals surface area contributed by atoms with E-state index in [0.29, 0.717) is 21.3 Å². The summed E-state index contributed by atoms with van der Waals surface area (Å²) in [5, 5.41) is 2.59. The number of amides is 1. The maximum atomic E-state index is 12.3. The Morgan fingerprint density at radius 3 is 2.48 bits per heavy atom. The van der Waals surface area contributed by atoms with E-state index >= 15 is 0 Å². The van der Waals surface area contributed by atoms with Gasteiger partial charge in [-0.1, -0.05) is 17.7 Å². The summed E-state index contributed by atoms with van der Waals surface area (Å²) in [6.07, 6.45) is 0. The molecule has 0 saturated carbocycles. The topological polar surface area (TPSA) is 75.3 Å². The predicted octanol–water partition coefficient (Wildman–Crippen LogP) is 3.47. The van der Waals surface area contributed by atoms with Crippen LogP contribution < -0.4 is 10.0 Å². The first kappa shape index (κ1) is 15.8. The number of thiophene rings is 1. The number of hydrogen-bond donors (Lipinski definition) is 2. The maximum Gasteiger partial charge on any atom is 0.271 e. The molecule has 2 rings (SSSR count). The lowest BCUT2D eigenvalue weighted by molar-refractivity contribution is -0.114. The molecule has 0 atom stereocenters. The van der Waals surface area contributed by atoms with Crippen molar-refractivity contribution in [3.63, 3.8) is 0 Å². The Balaban J connectivity index is 2.26. The van der Waals surface area contributed by atoms with E-state index in [1.54, 1.807) is 31.2 Å². The fourth-order valence-electron chi connectivity index (χ4n) is 1.63. The number of anilines is 2. The standard InChI is InChI=1S/C13H13ClN2O3S2/c1-8-6-12(20-13(8)14)21(18,19)16-11-5-3-4-10(7-11)15-9(2)17/h3-7,16H,1-2H3,(H,15,17). The van der Waals surface area contributed by atoms with Crippen molar-refractivity contribution in [1.29, 1.82) is 0 Å². The van der Waals surface area contributed by atoms with Gasteiger partial charge in [0.05, 0.1) is 10.0 Å². The molecule has 0 spiro atoms. The fraction of sp³-hybridized carbons (Fsp3) is 0.154. The summed E-state index contributed by atoms with van der Waals surface area (Å²) >= 11 is 6.90. The summed E-state index contributed by atoms with van der Waals surface area (Å²) in [5.41, 5.74) is 1.60. The van der Waals surface area contributed by atoms with E-state index in [4.69, 9.17) is 11.6 Å². The fourth-order valence-corrected chi connectivity index (χ4v) is 4.39. The molecule has 21 heavy (non-hydrogen) atoms. The lowest BCUT2D eigenvalue weighted by atomic mass is 10.3. The van der Waals surface area contributed by atoms with Gasteiger partial charge < -0.3 is 5.32 Å². The molecule has 1 amide bonds. The molecule has 1 heterocycles. The molecule has 0 aliphatic rings. The molecule has 5 nitrogen and oxygen atoms in total. The third-order valence-electron chi connectivity index (χ3n) is 2.53. The van der Waals surface area contributed by atoms with Crippen LogP contribution >= 0.6 is 22.9 Å². The van der Waals surface area contributed by atoms with Crippen LogP contribution in [-0.2, 0) is 14.8 Å². The van der Waals surface area contributed by atoms with E-state index in [2.05, 4.69) is 10.0 Å². The van der Waals surface area contributed by atoms with Crippen LogP contribution in [0.4, 0.5) is 11.4 Å². The Morgan fingerprint density at radius 2 is 1.90 bits per heavy atom. The molecule has 2 N–H and O–H groups in total. The van der Waals surface area contributed by atoms with Crippen molar-refractivity contribution in [2.24, 2.45) is 0 Å². The van der Waals surface area contributed by atoms with E-state index in [9.17, 15) is 13.2 Å². The van der Waals surface area contributed by atoms with E-state index < -0.39 is 10.0 Å². The predicted molar refractivity (Wildman–Crippen MR) is 85.6 cm³/mol. The SMILES string of the molecule is CC(=O)Nc1cccc(NS(=O)(=O)c2cc(C)c(Cl)s2)c1. The zero-order chi connectivity index (χ0) is 15.6. The number of halogens is 1. The Hall–Kier alpha value is -1.57. The molecular weight excluding hydrogens is 332 g/mol. The number of benzene rings is 1. The van der Waals surface area contributed by atoms with Crippen molar-refractivity contribution in [3.8, 4) is 0 Å². The van der Waals surface area contributed by atoms with E-state index in [1.165, 1.54) is 13.0 Å². The van der Waals surface area contributed by atoms with Crippen molar-refractivity contribution in [2.75, 3.05) is 10.0 Å². The van der Waals surface area contributed by atoms with Gasteiger partial charge in [-0.25, -0.2) is 8.42 Å². The molecule has 0 saturated heterocycles. The van der Waals surface area contributed by atoms with Crippen molar-refractivity contribution >= 4 is 50.2 Å². The van der Waals surface area contributed by atoms with Gasteiger partial charge in [0.1, 0.15) is 4.21 Å². The quantitative estimate of drug-likeness (QED) is 0.891. The van der Waals surface area contributed by atoms with Crippen LogP contribution in [0, 0.1) is 6.92 Å². The molecule has 0 fully saturated rings. The zero-order valence-electron chi connectivity index (χ0n) is 11.3. The van der Waals surface area contributed by atoms with Gasteiger partial charge in [0.2, 0.25) is 5.91 Å². The highest BCUT2D eigenvalue weighted by atomic mass is 35.5. The van der Waals surface area contributed by atoms with E-state index in [1.807, 2.05) is 0 Å². The summed E-state index contributed by atoms with van der Waals surface area (Å²) in [6.45, 7) is 3.13. The minimum Gasteiger partial charge on any atom is -0.326 e. The highest BCUT2D eigenvalue weighted by Gasteiger charge is 2.18. The average molecular weight is 345 g/mol. The minimum atomic E-state index is -3.69. The molecule has 0 aliphatic heterocycles. The lowest BCUT2D eigenvalue weighted by Crippen LogP contribution is -2.12. The molecule has 0 aliphatic carbocycles. The lowest BCUT2D eigenvalue weighted by Gasteiger charge is -2.08. The number of carbonyl (C=O) groups is 1. The Morgan fingerprint density at radius 1 is 1.24 bits per heavy atom. The van der Waals surface area contributed by atoms with Gasteiger partial charge in [-0.15, -0.1) is 11.3 Å². The molecule has 0 bridgehead atoms. The van der Waals surface area contributed by atoms with Gasteiger partial charge in [0, 0.05) is 12.6 Å². The zero-order valence-corrected chi connectivity index (χ0v) is 13.7. The second kappa shape index (κ2) is 6.05. The van der Waals surface area contributed by atoms with Crippen LogP contribution in [0.25, 0.3) is 0 Å². The highest BCUT2D eigenvalue weighted by Crippen LogP contribution is 2.31. The third kappa shape index (κ3) is 3.96. The van der Waals surface area contributed by atoms with Crippen LogP contribution in [0.3, 0.4) is 0 Å². The first-order valence-electron chi connectivity index (χ1n) is 5.94. The molecule has 8 heteroatoms. The summed E-state index contributed by atoms with van der Waals surface area (Å²) in [4.78, 5) is 11.0. The van der Waals surface area contributed by atoms with Gasteiger partial charge in [-0.2, -0.15) is 0 Å². The smallest absolute Gasteiger partial charge is 0.271 e. The molecule has 0 unspecified atom stereocenters. The number of carbonyl (C=O) groups excluding carboxylic acids is 1. The number of nitrogens with one attached hydrogen (secondary N) is 2. The van der Waals surface area contributed by atoms with Crippen molar-refractivity contribution < 1.29 is 13.2 Å². The molecule has 1 aromatic carbocycles. The molecule has 0 radical (unpaired) electrons. The van der Waals surface area contributed by atoms with E-state index in [0.717, 1.165) is 11.3 Å². The number of aryl methyl sites for hydroxylation is 1. The Labute approximate surface area is 132 Å². The van der Waals surface area contributed by atoms with Gasteiger partial charge in [-0.3, -0.25) is 9.52 Å². The Bertz CT molecular complexity index is 765. The van der Waals surface area contributed by atoms with Crippen LogP contribution in [0.15, 0.2) is 34.5 Å². The molecule has 2 aromatic rings. The van der Waals surface area contributed by atoms with Crippen molar-refractivity contribution in [3.05, 3.63) is 40.2 Å². The summed E-state index contributed by atoms with van der Waals surface area (Å²) in [7, 11) is -3.69. The Kier molecular flexibility index (Phi) is 4.55. The number of sulfonamides is 1.